The highest BCUT2D eigenvalue weighted by atomic mass is 32.2. The molecule has 1 aliphatic heterocycles. The van der Waals surface area contributed by atoms with Crippen LogP contribution in [0, 0.1) is 0 Å². The van der Waals surface area contributed by atoms with E-state index in [1.54, 1.807) is 0 Å². The molecule has 0 saturated heterocycles. The Morgan fingerprint density at radius 2 is 1.47 bits per heavy atom. The van der Waals surface area contributed by atoms with Gasteiger partial charge < -0.3 is 0 Å². The van der Waals surface area contributed by atoms with Crippen molar-refractivity contribution in [2.45, 2.75) is 62.2 Å². The first-order chi connectivity index (χ1) is 6.69. The molecule has 0 spiro atoms. The third kappa shape index (κ3) is 2.08. The quantitative estimate of drug-likeness (QED) is 0.578. The zero-order valence-corrected chi connectivity index (χ0v) is 11.4. The number of benzene rings is 1. The predicted molar refractivity (Wildman–Crippen MR) is 68.0 cm³/mol. The van der Waals surface area contributed by atoms with Crippen LogP contribution in [0.3, 0.4) is 0 Å². The summed E-state index contributed by atoms with van der Waals surface area (Å²) in [6.45, 7) is 13.8. The highest BCUT2D eigenvalue weighted by Crippen LogP contribution is 2.54. The van der Waals surface area contributed by atoms with Gasteiger partial charge in [-0.2, -0.15) is 0 Å². The Hall–Kier alpha value is -0.430. The molecule has 0 N–H and O–H groups in total. The van der Waals surface area contributed by atoms with Crippen molar-refractivity contribution in [3.05, 3.63) is 23.3 Å². The summed E-state index contributed by atoms with van der Waals surface area (Å²) in [6.07, 6.45) is 0. The average molecular weight is 220 g/mol. The lowest BCUT2D eigenvalue weighted by atomic mass is 9.81. The maximum atomic E-state index is 2.40. The molecule has 0 fully saturated rings. The van der Waals surface area contributed by atoms with Crippen molar-refractivity contribution in [3.8, 4) is 0 Å². The number of hydrogen-bond donors (Lipinski definition) is 0. The van der Waals surface area contributed by atoms with Crippen LogP contribution in [-0.4, -0.2) is 0 Å². The van der Waals surface area contributed by atoms with Crippen molar-refractivity contribution in [2.75, 3.05) is 0 Å². The van der Waals surface area contributed by atoms with E-state index < -0.39 is 0 Å². The third-order valence-corrected chi connectivity index (χ3v) is 3.88. The van der Waals surface area contributed by atoms with Crippen LogP contribution in [-0.2, 0) is 10.8 Å². The molecule has 0 aromatic heterocycles. The first kappa shape index (κ1) is 11.1. The smallest absolute Gasteiger partial charge is 0.0299 e. The van der Waals surface area contributed by atoms with Crippen molar-refractivity contribution >= 4 is 11.8 Å². The van der Waals surface area contributed by atoms with Gasteiger partial charge in [-0.3, -0.25) is 0 Å². The maximum Gasteiger partial charge on any atom is 0.0299 e. The maximum absolute atomic E-state index is 2.40. The highest BCUT2D eigenvalue weighted by molar-refractivity contribution is 8.05. The van der Waals surface area contributed by atoms with Crippen LogP contribution in [0.25, 0.3) is 0 Å². The second-order valence-corrected chi connectivity index (χ2v) is 7.51. The Morgan fingerprint density at radius 3 is 1.93 bits per heavy atom. The van der Waals surface area contributed by atoms with Gasteiger partial charge in [0.25, 0.3) is 0 Å². The van der Waals surface area contributed by atoms with E-state index in [1.165, 1.54) is 20.9 Å². The van der Waals surface area contributed by atoms with Crippen LogP contribution in [0.1, 0.15) is 52.7 Å². The first-order valence-electron chi connectivity index (χ1n) is 5.56. The molecule has 0 aliphatic carbocycles. The van der Waals surface area contributed by atoms with Gasteiger partial charge in [0.2, 0.25) is 0 Å². The minimum Gasteiger partial charge on any atom is -0.0874 e. The molecule has 1 aromatic rings. The Balaban J connectivity index is 2.53. The summed E-state index contributed by atoms with van der Waals surface area (Å²) in [5.41, 5.74) is 3.53. The number of hydrogen-bond acceptors (Lipinski definition) is 1. The minimum atomic E-state index is 0.262. The van der Waals surface area contributed by atoms with Crippen molar-refractivity contribution in [2.24, 2.45) is 0 Å². The molecule has 0 nitrogen and oxygen atoms in total. The normalized spacial score (nSPS) is 15.1. The summed E-state index contributed by atoms with van der Waals surface area (Å²) in [4.78, 5) is 3.02. The molecule has 0 radical (unpaired) electrons. The lowest BCUT2D eigenvalue weighted by Crippen LogP contribution is -2.15. The van der Waals surface area contributed by atoms with E-state index in [4.69, 9.17) is 0 Å². The third-order valence-electron chi connectivity index (χ3n) is 2.90. The molecule has 1 aromatic carbocycles. The van der Waals surface area contributed by atoms with Crippen LogP contribution in [0.15, 0.2) is 21.9 Å². The van der Waals surface area contributed by atoms with E-state index in [1.807, 2.05) is 11.8 Å². The monoisotopic (exact) mass is 220 g/mol. The van der Waals surface area contributed by atoms with E-state index in [-0.39, 0.29) is 10.8 Å². The Kier molecular flexibility index (Phi) is 2.24. The summed E-state index contributed by atoms with van der Waals surface area (Å²) < 4.78 is 0. The predicted octanol–water partition coefficient (Wildman–Crippen LogP) is 4.75. The summed E-state index contributed by atoms with van der Waals surface area (Å²) in [7, 11) is 0. The van der Waals surface area contributed by atoms with E-state index in [9.17, 15) is 0 Å². The van der Waals surface area contributed by atoms with Gasteiger partial charge in [-0.25, -0.2) is 0 Å². The summed E-state index contributed by atoms with van der Waals surface area (Å²) >= 11 is 1.94. The minimum absolute atomic E-state index is 0.262. The second kappa shape index (κ2) is 3.04. The van der Waals surface area contributed by atoms with Gasteiger partial charge in [0.05, 0.1) is 0 Å². The molecule has 0 atom stereocenters. The lowest BCUT2D eigenvalue weighted by molar-refractivity contribution is 0.558. The lowest BCUT2D eigenvalue weighted by Gasteiger charge is -2.23. The molecule has 0 amide bonds. The van der Waals surface area contributed by atoms with Crippen molar-refractivity contribution in [3.63, 3.8) is 0 Å². The fraction of sp³-hybridized carbons (Fsp3) is 0.571. The summed E-state index contributed by atoms with van der Waals surface area (Å²) in [5.74, 6) is 0. The van der Waals surface area contributed by atoms with Crippen LogP contribution in [0.2, 0.25) is 0 Å². The molecule has 2 rings (SSSR count). The summed E-state index contributed by atoms with van der Waals surface area (Å²) in [5, 5.41) is 0. The Labute approximate surface area is 97.5 Å². The zero-order chi connectivity index (χ0) is 11.4. The average Bonchev–Trinajstić information content (AvgIpc) is 2.75. The van der Waals surface area contributed by atoms with E-state index in [0.29, 0.717) is 0 Å². The molecule has 1 heteroatoms. The fourth-order valence-corrected chi connectivity index (χ4v) is 2.76. The molecule has 0 unspecified atom stereocenters. The van der Waals surface area contributed by atoms with Crippen LogP contribution in [0.5, 0.6) is 0 Å². The van der Waals surface area contributed by atoms with Crippen molar-refractivity contribution < 1.29 is 0 Å². The van der Waals surface area contributed by atoms with Gasteiger partial charge in [-0.15, -0.1) is 0 Å². The number of rotatable bonds is 0. The zero-order valence-electron chi connectivity index (χ0n) is 10.6. The van der Waals surface area contributed by atoms with Gasteiger partial charge in [0.1, 0.15) is 0 Å². The Bertz CT molecular complexity index is 403. The van der Waals surface area contributed by atoms with Gasteiger partial charge >= 0.3 is 0 Å². The molecule has 1 heterocycles. The first-order valence-corrected chi connectivity index (χ1v) is 6.38. The molecule has 1 aliphatic rings. The van der Waals surface area contributed by atoms with E-state index in [2.05, 4.69) is 53.7 Å². The molecule has 0 bridgehead atoms. The largest absolute Gasteiger partial charge is 0.0874 e. The highest BCUT2D eigenvalue weighted by Gasteiger charge is 2.31. The van der Waals surface area contributed by atoms with E-state index in [0.717, 1.165) is 0 Å². The van der Waals surface area contributed by atoms with Gasteiger partial charge in [-0.05, 0) is 28.0 Å². The Morgan fingerprint density at radius 1 is 0.867 bits per heavy atom. The van der Waals surface area contributed by atoms with Crippen LogP contribution in [0.4, 0.5) is 0 Å². The molecular weight excluding hydrogens is 200 g/mol. The van der Waals surface area contributed by atoms with Gasteiger partial charge in [0, 0.05) is 9.79 Å². The number of fused-ring (bicyclic) bond motifs is 1. The molecule has 82 valence electrons. The summed E-state index contributed by atoms with van der Waals surface area (Å²) in [6, 6.07) is 4.76. The molecular formula is C14H20S. The fourth-order valence-electron chi connectivity index (χ4n) is 1.76. The van der Waals surface area contributed by atoms with Crippen LogP contribution >= 0.6 is 11.8 Å². The second-order valence-electron chi connectivity index (χ2n) is 6.45. The molecule has 15 heavy (non-hydrogen) atoms. The van der Waals surface area contributed by atoms with Crippen molar-refractivity contribution in [1.82, 2.24) is 0 Å². The van der Waals surface area contributed by atoms with Crippen molar-refractivity contribution in [1.29, 1.82) is 0 Å². The van der Waals surface area contributed by atoms with Crippen LogP contribution < -0.4 is 0 Å². The topological polar surface area (TPSA) is 0 Å². The standard InChI is InChI=1S/C14H20S/c1-13(2,3)9-7-10(14(4,5)6)12-11(8-9)15-12/h7-8H,1-6H3. The van der Waals surface area contributed by atoms with Gasteiger partial charge in [0.15, 0.2) is 0 Å². The molecule has 0 saturated carbocycles. The van der Waals surface area contributed by atoms with E-state index >= 15 is 0 Å². The SMILES string of the molecule is CC(C)(C)c1cc2c(c(C(C)(C)C)c1)S2. The van der Waals surface area contributed by atoms with Gasteiger partial charge in [-0.1, -0.05) is 59.4 Å².